The first-order valence-electron chi connectivity index (χ1n) is 32.7. The van der Waals surface area contributed by atoms with Gasteiger partial charge in [0, 0.05) is 112 Å². The fourth-order valence-electron chi connectivity index (χ4n) is 13.7. The Kier molecular flexibility index (Phi) is 14.9. The molecule has 0 spiro atoms. The minimum atomic E-state index is -0.177. The third-order valence-corrected chi connectivity index (χ3v) is 19.3. The summed E-state index contributed by atoms with van der Waals surface area (Å²) in [5.74, 6) is 30.9. The van der Waals surface area contributed by atoms with Crippen LogP contribution in [-0.2, 0) is 21.7 Å². The Morgan fingerprint density at radius 3 is 0.862 bits per heavy atom. The first kappa shape index (κ1) is 61.3. The van der Waals surface area contributed by atoms with Gasteiger partial charge in [-0.15, -0.1) is 0 Å². The molecule has 2 aliphatic rings. The lowest BCUT2D eigenvalue weighted by atomic mass is 9.84. The highest BCUT2D eigenvalue weighted by Crippen LogP contribution is 2.43. The smallest absolute Gasteiger partial charge is 0.162 e. The fourth-order valence-corrected chi connectivity index (χ4v) is 13.7. The van der Waals surface area contributed by atoms with Crippen molar-refractivity contribution in [3.63, 3.8) is 0 Å². The number of benzene rings is 8. The van der Waals surface area contributed by atoms with Gasteiger partial charge in [0.05, 0.1) is 84.7 Å². The molecule has 8 bridgehead atoms. The predicted molar refractivity (Wildman–Crippen MR) is 391 cm³/mol. The Morgan fingerprint density at radius 1 is 0.319 bits per heavy atom. The molecule has 1 aliphatic heterocycles. The van der Waals surface area contributed by atoms with E-state index in [0.717, 1.165) is 157 Å². The van der Waals surface area contributed by atoms with Gasteiger partial charge in [0.1, 0.15) is 0 Å². The first-order chi connectivity index (χ1) is 44.9. The molecule has 1 saturated carbocycles. The summed E-state index contributed by atoms with van der Waals surface area (Å²) in [6.45, 7) is 27.1. The molecule has 94 heavy (non-hydrogen) atoms. The molecule has 1 aliphatic carbocycles. The number of methoxy groups -OCH3 is 4. The molecule has 4 aromatic heterocycles. The van der Waals surface area contributed by atoms with Crippen molar-refractivity contribution in [1.29, 1.82) is 0 Å². The van der Waals surface area contributed by atoms with Crippen molar-refractivity contribution < 1.29 is 18.9 Å². The second-order valence-electron chi connectivity index (χ2n) is 29.7. The van der Waals surface area contributed by atoms with E-state index < -0.39 is 0 Å². The Balaban J connectivity index is 1.03. The number of aliphatic imine (C=N–C) groups is 2. The average molecular weight is 1240 g/mol. The van der Waals surface area contributed by atoms with Crippen molar-refractivity contribution in [3.05, 3.63) is 164 Å². The molecule has 10 heteroatoms. The van der Waals surface area contributed by atoms with E-state index in [2.05, 4.69) is 223 Å². The molecule has 0 amide bonds. The van der Waals surface area contributed by atoms with Crippen LogP contribution in [0.4, 0.5) is 0 Å². The monoisotopic (exact) mass is 1240 g/mol. The molecule has 8 aromatic carbocycles. The fraction of sp³-hybridized carbons (Fsp3) is 0.310. The number of ether oxygens (including phenoxy) is 4. The van der Waals surface area contributed by atoms with Gasteiger partial charge in [-0.2, -0.15) is 0 Å². The summed E-state index contributed by atoms with van der Waals surface area (Å²) in [6, 6.07) is 35.0. The lowest BCUT2D eigenvalue weighted by molar-refractivity contribution is 0.355. The Bertz CT molecular complexity index is 5180. The van der Waals surface area contributed by atoms with Crippen LogP contribution in [0.3, 0.4) is 0 Å². The highest BCUT2D eigenvalue weighted by atomic mass is 16.5. The van der Waals surface area contributed by atoms with Gasteiger partial charge >= 0.3 is 0 Å². The molecule has 5 heterocycles. The second-order valence-corrected chi connectivity index (χ2v) is 29.7. The minimum absolute atomic E-state index is 0.102. The van der Waals surface area contributed by atoms with E-state index in [4.69, 9.17) is 28.9 Å². The lowest BCUT2D eigenvalue weighted by Gasteiger charge is -2.25. The molecule has 0 saturated heterocycles. The minimum Gasteiger partial charge on any atom is -0.493 e. The quantitative estimate of drug-likeness (QED) is 0.131. The maximum atomic E-state index is 5.93. The number of aromatic nitrogens is 4. The zero-order valence-corrected chi connectivity index (χ0v) is 56.9. The summed E-state index contributed by atoms with van der Waals surface area (Å²) in [4.78, 5) is 26.5. The molecule has 0 radical (unpaired) electrons. The van der Waals surface area contributed by atoms with Crippen LogP contribution >= 0.6 is 0 Å². The number of rotatable bonds is 4. The first-order valence-corrected chi connectivity index (χ1v) is 32.7. The van der Waals surface area contributed by atoms with E-state index in [9.17, 15) is 0 Å². The number of nitrogens with zero attached hydrogens (tertiary/aromatic N) is 2. The molecule has 4 N–H and O–H groups in total. The largest absolute Gasteiger partial charge is 0.493 e. The van der Waals surface area contributed by atoms with Crippen LogP contribution in [0.1, 0.15) is 176 Å². The molecular formula is C84H80N6O4. The maximum absolute atomic E-state index is 5.93. The summed E-state index contributed by atoms with van der Waals surface area (Å²) < 4.78 is 23.7. The number of aromatic amines is 4. The van der Waals surface area contributed by atoms with E-state index in [0.29, 0.717) is 23.0 Å². The number of H-pyrrole nitrogens is 4. The molecule has 12 aromatic rings. The van der Waals surface area contributed by atoms with E-state index in [1.807, 2.05) is 36.7 Å². The zero-order valence-electron chi connectivity index (χ0n) is 56.9. The SMILES string of the molecule is COc1cc2c(cc1OC)C=NC1CCCCC1N=Cc1cc(OC)c(OC)cc1C#Cc1cc(C(C)(C)C)cc3c1[nH]c1c3ccc3c4cc(C(C)(C)C)cc(c4[nH]c31)C#CC#Cc1cc(C(C)(C)C)cc3c1[nH]c1c3ccc3c4cc(C(C)(C)C)cc(c4[nH]c31)C#C2. The number of nitrogens with one attached hydrogen (secondary N) is 4. The summed E-state index contributed by atoms with van der Waals surface area (Å²) in [6.07, 6.45) is 7.74. The van der Waals surface area contributed by atoms with Gasteiger partial charge in [-0.05, 0) is 129 Å². The normalized spacial score (nSPS) is 15.4. The average Bonchev–Trinajstić information content (AvgIpc) is 1.57. The van der Waals surface area contributed by atoms with Crippen molar-refractivity contribution in [3.8, 4) is 70.4 Å². The van der Waals surface area contributed by atoms with E-state index in [-0.39, 0.29) is 33.7 Å². The predicted octanol–water partition coefficient (Wildman–Crippen LogP) is 18.8. The third kappa shape index (κ3) is 10.8. The van der Waals surface area contributed by atoms with Gasteiger partial charge in [-0.3, -0.25) is 9.98 Å². The summed E-state index contributed by atoms with van der Waals surface area (Å²) in [7, 11) is 6.63. The van der Waals surface area contributed by atoms with E-state index >= 15 is 0 Å². The van der Waals surface area contributed by atoms with Crippen molar-refractivity contribution in [1.82, 2.24) is 19.9 Å². The highest BCUT2D eigenvalue weighted by molar-refractivity contribution is 6.24. The van der Waals surface area contributed by atoms with Crippen molar-refractivity contribution in [2.45, 2.75) is 143 Å². The molecule has 1 fully saturated rings. The summed E-state index contributed by atoms with van der Waals surface area (Å²) in [5.41, 5.74) is 18.6. The highest BCUT2D eigenvalue weighted by Gasteiger charge is 2.27. The lowest BCUT2D eigenvalue weighted by Crippen LogP contribution is -2.27. The molecule has 10 nitrogen and oxygen atoms in total. The van der Waals surface area contributed by atoms with Crippen LogP contribution in [0.15, 0.2) is 107 Å². The van der Waals surface area contributed by atoms with Gasteiger partial charge in [0.2, 0.25) is 0 Å². The number of hydrogen-bond acceptors (Lipinski definition) is 6. The van der Waals surface area contributed by atoms with Gasteiger partial charge in [-0.25, -0.2) is 0 Å². The van der Waals surface area contributed by atoms with E-state index in [1.165, 1.54) is 22.3 Å². The Morgan fingerprint density at radius 2 is 0.585 bits per heavy atom. The molecule has 14 rings (SSSR count). The number of hydrogen-bond donors (Lipinski definition) is 4. The van der Waals surface area contributed by atoms with E-state index in [1.54, 1.807) is 28.4 Å². The van der Waals surface area contributed by atoms with Gasteiger partial charge in [-0.1, -0.05) is 156 Å². The summed E-state index contributed by atoms with van der Waals surface area (Å²) >= 11 is 0. The second kappa shape index (κ2) is 22.8. The standard InChI is InChI=1S/C84H80N6O4/c1-81(2,3)55-33-49-21-17-18-22-50-34-56(82(4,5)6)42-64-60-30-32-62-66-44-58(84(10,11)12)36-52(76(66)90-80(62)78(60)88-74(50)64)28-26-48-38-70(92-14)72(94-16)40-54(48)46-86-68-24-20-19-23-67(68)85-45-53-39-71(93-15)69(91-13)37-47(53)25-27-51-35-57(83(7,8)9)43-65-61-31-29-59-63(41-55)73(49)87-77(59)79(61)89-75(51)65/h29-46,67-68,87-90H,19-20,23-24H2,1-16H3. The maximum Gasteiger partial charge on any atom is 0.162 e. The third-order valence-electron chi connectivity index (χ3n) is 19.3. The van der Waals surface area contributed by atoms with Crippen LogP contribution in [0, 0.1) is 47.4 Å². The molecular weight excluding hydrogens is 1160 g/mol. The van der Waals surface area contributed by atoms with Crippen LogP contribution in [-0.4, -0.2) is 72.9 Å². The zero-order chi connectivity index (χ0) is 65.9. The number of fused-ring (bicyclic) bond motifs is 7. The van der Waals surface area contributed by atoms with Crippen molar-refractivity contribution in [2.24, 2.45) is 9.98 Å². The topological polar surface area (TPSA) is 125 Å². The van der Waals surface area contributed by atoms with Crippen molar-refractivity contribution >= 4 is 99.7 Å². The molecule has 2 unspecified atom stereocenters. The van der Waals surface area contributed by atoms with Crippen LogP contribution < -0.4 is 18.9 Å². The van der Waals surface area contributed by atoms with Gasteiger partial charge in [0.15, 0.2) is 23.0 Å². The Hall–Kier alpha value is -10.3. The van der Waals surface area contributed by atoms with Crippen LogP contribution in [0.5, 0.6) is 23.0 Å². The Labute approximate surface area is 550 Å². The van der Waals surface area contributed by atoms with Crippen molar-refractivity contribution in [2.75, 3.05) is 28.4 Å². The summed E-state index contributed by atoms with van der Waals surface area (Å²) in [5, 5.41) is 8.86. The van der Waals surface area contributed by atoms with Gasteiger partial charge < -0.3 is 38.9 Å². The molecule has 2 atom stereocenters. The molecule has 470 valence electrons. The van der Waals surface area contributed by atoms with Gasteiger partial charge in [0.25, 0.3) is 0 Å². The van der Waals surface area contributed by atoms with Crippen LogP contribution in [0.25, 0.3) is 87.2 Å². The van der Waals surface area contributed by atoms with Crippen LogP contribution in [0.2, 0.25) is 0 Å².